The number of nitrogens with one attached hydrogen (secondary N) is 1. The third kappa shape index (κ3) is 4.57. The Kier molecular flexibility index (Phi) is 5.75. The van der Waals surface area contributed by atoms with Crippen LogP contribution >= 0.6 is 0 Å². The fourth-order valence-electron chi connectivity index (χ4n) is 2.93. The first-order chi connectivity index (χ1) is 8.38. The highest BCUT2D eigenvalue weighted by Gasteiger charge is 2.23. The average Bonchev–Trinajstić information content (AvgIpc) is 2.85. The zero-order valence-electron chi connectivity index (χ0n) is 11.3. The van der Waals surface area contributed by atoms with E-state index in [0.717, 1.165) is 12.5 Å². The second-order valence-corrected chi connectivity index (χ2v) is 5.58. The van der Waals surface area contributed by atoms with Crippen LogP contribution in [0.2, 0.25) is 0 Å². The van der Waals surface area contributed by atoms with Gasteiger partial charge in [0.15, 0.2) is 0 Å². The molecule has 1 atom stereocenters. The molecule has 0 amide bonds. The first-order valence-corrected chi connectivity index (χ1v) is 7.43. The molecule has 0 aromatic heterocycles. The lowest BCUT2D eigenvalue weighted by molar-refractivity contribution is 0.0598. The van der Waals surface area contributed by atoms with Crippen LogP contribution in [-0.2, 0) is 4.74 Å². The SMILES string of the molecule is CCCNCC1CCN(CC2CCCO2)CC1. The van der Waals surface area contributed by atoms with E-state index in [4.69, 9.17) is 4.74 Å². The summed E-state index contributed by atoms with van der Waals surface area (Å²) >= 11 is 0. The Morgan fingerprint density at radius 3 is 2.71 bits per heavy atom. The van der Waals surface area contributed by atoms with Crippen molar-refractivity contribution in [2.45, 2.75) is 45.1 Å². The molecule has 0 saturated carbocycles. The van der Waals surface area contributed by atoms with Gasteiger partial charge in [-0.05, 0) is 64.2 Å². The summed E-state index contributed by atoms with van der Waals surface area (Å²) in [4.78, 5) is 2.60. The minimum absolute atomic E-state index is 0.532. The predicted molar refractivity (Wildman–Crippen MR) is 71.3 cm³/mol. The summed E-state index contributed by atoms with van der Waals surface area (Å²) in [7, 11) is 0. The number of ether oxygens (including phenoxy) is 1. The molecule has 0 spiro atoms. The zero-order valence-corrected chi connectivity index (χ0v) is 11.3. The van der Waals surface area contributed by atoms with Crippen LogP contribution in [0.4, 0.5) is 0 Å². The van der Waals surface area contributed by atoms with Crippen LogP contribution < -0.4 is 5.32 Å². The molecule has 2 aliphatic heterocycles. The standard InChI is InChI=1S/C14H28N2O/c1-2-7-15-11-13-5-8-16(9-6-13)12-14-4-3-10-17-14/h13-15H,2-12H2,1H3. The maximum absolute atomic E-state index is 5.71. The Hall–Kier alpha value is -0.120. The molecule has 2 heterocycles. The van der Waals surface area contributed by atoms with E-state index in [1.54, 1.807) is 0 Å². The number of hydrogen-bond acceptors (Lipinski definition) is 3. The van der Waals surface area contributed by atoms with E-state index < -0.39 is 0 Å². The monoisotopic (exact) mass is 240 g/mol. The van der Waals surface area contributed by atoms with Crippen LogP contribution in [0.15, 0.2) is 0 Å². The van der Waals surface area contributed by atoms with Crippen LogP contribution in [0.1, 0.15) is 39.0 Å². The van der Waals surface area contributed by atoms with Crippen molar-refractivity contribution >= 4 is 0 Å². The number of nitrogens with zero attached hydrogens (tertiary/aromatic N) is 1. The van der Waals surface area contributed by atoms with Gasteiger partial charge in [0.2, 0.25) is 0 Å². The van der Waals surface area contributed by atoms with Crippen molar-refractivity contribution in [3.05, 3.63) is 0 Å². The minimum Gasteiger partial charge on any atom is -0.377 e. The molecule has 0 aromatic carbocycles. The van der Waals surface area contributed by atoms with E-state index >= 15 is 0 Å². The number of rotatable bonds is 6. The van der Waals surface area contributed by atoms with Gasteiger partial charge in [0.1, 0.15) is 0 Å². The minimum atomic E-state index is 0.532. The second-order valence-electron chi connectivity index (χ2n) is 5.58. The third-order valence-corrected chi connectivity index (χ3v) is 4.05. The number of piperidine rings is 1. The molecular weight excluding hydrogens is 212 g/mol. The Bertz CT molecular complexity index is 196. The Labute approximate surface area is 106 Å². The van der Waals surface area contributed by atoms with E-state index in [1.807, 2.05) is 0 Å². The van der Waals surface area contributed by atoms with Crippen LogP contribution in [0.25, 0.3) is 0 Å². The van der Waals surface area contributed by atoms with Crippen molar-refractivity contribution in [2.75, 3.05) is 39.3 Å². The number of likely N-dealkylation sites (tertiary alicyclic amines) is 1. The lowest BCUT2D eigenvalue weighted by Crippen LogP contribution is -2.40. The average molecular weight is 240 g/mol. The quantitative estimate of drug-likeness (QED) is 0.717. The fraction of sp³-hybridized carbons (Fsp3) is 1.00. The maximum atomic E-state index is 5.71. The first kappa shape index (κ1) is 13.3. The van der Waals surface area contributed by atoms with Crippen molar-refractivity contribution < 1.29 is 4.74 Å². The van der Waals surface area contributed by atoms with Crippen LogP contribution in [-0.4, -0.2) is 50.3 Å². The highest BCUT2D eigenvalue weighted by molar-refractivity contribution is 4.77. The van der Waals surface area contributed by atoms with E-state index in [9.17, 15) is 0 Å². The molecule has 0 radical (unpaired) electrons. The van der Waals surface area contributed by atoms with Gasteiger partial charge in [-0.1, -0.05) is 6.92 Å². The molecule has 100 valence electrons. The van der Waals surface area contributed by atoms with Gasteiger partial charge in [-0.2, -0.15) is 0 Å². The molecule has 2 fully saturated rings. The topological polar surface area (TPSA) is 24.5 Å². The smallest absolute Gasteiger partial charge is 0.0702 e. The molecule has 3 heteroatoms. The Morgan fingerprint density at radius 2 is 2.06 bits per heavy atom. The van der Waals surface area contributed by atoms with Crippen LogP contribution in [0.5, 0.6) is 0 Å². The van der Waals surface area contributed by atoms with Gasteiger partial charge < -0.3 is 15.0 Å². The van der Waals surface area contributed by atoms with E-state index in [2.05, 4.69) is 17.1 Å². The first-order valence-electron chi connectivity index (χ1n) is 7.43. The molecule has 0 aliphatic carbocycles. The van der Waals surface area contributed by atoms with Crippen molar-refractivity contribution in [1.29, 1.82) is 0 Å². The van der Waals surface area contributed by atoms with E-state index in [-0.39, 0.29) is 0 Å². The largest absolute Gasteiger partial charge is 0.377 e. The van der Waals surface area contributed by atoms with Crippen molar-refractivity contribution in [3.63, 3.8) is 0 Å². The van der Waals surface area contributed by atoms with Gasteiger partial charge in [-0.25, -0.2) is 0 Å². The summed E-state index contributed by atoms with van der Waals surface area (Å²) in [6.45, 7) is 9.35. The van der Waals surface area contributed by atoms with E-state index in [0.29, 0.717) is 6.10 Å². The third-order valence-electron chi connectivity index (χ3n) is 4.05. The zero-order chi connectivity index (χ0) is 11.9. The summed E-state index contributed by atoms with van der Waals surface area (Å²) in [5.74, 6) is 0.905. The maximum Gasteiger partial charge on any atom is 0.0702 e. The summed E-state index contributed by atoms with van der Waals surface area (Å²) in [6, 6.07) is 0. The summed E-state index contributed by atoms with van der Waals surface area (Å²) in [6.07, 6.45) is 7.05. The molecular formula is C14H28N2O. The fourth-order valence-corrected chi connectivity index (χ4v) is 2.93. The molecule has 0 aromatic rings. The van der Waals surface area contributed by atoms with Gasteiger partial charge in [0.25, 0.3) is 0 Å². The predicted octanol–water partition coefficient (Wildman–Crippen LogP) is 1.88. The van der Waals surface area contributed by atoms with Crippen molar-refractivity contribution in [2.24, 2.45) is 5.92 Å². The molecule has 2 aliphatic rings. The van der Waals surface area contributed by atoms with Gasteiger partial charge >= 0.3 is 0 Å². The molecule has 2 rings (SSSR count). The highest BCUT2D eigenvalue weighted by Crippen LogP contribution is 2.19. The van der Waals surface area contributed by atoms with Gasteiger partial charge in [0, 0.05) is 13.2 Å². The van der Waals surface area contributed by atoms with E-state index in [1.165, 1.54) is 64.8 Å². The summed E-state index contributed by atoms with van der Waals surface area (Å²) in [5, 5.41) is 3.55. The lowest BCUT2D eigenvalue weighted by atomic mass is 9.96. The van der Waals surface area contributed by atoms with Gasteiger partial charge in [-0.15, -0.1) is 0 Å². The summed E-state index contributed by atoms with van der Waals surface area (Å²) in [5.41, 5.74) is 0. The van der Waals surface area contributed by atoms with Crippen molar-refractivity contribution in [3.8, 4) is 0 Å². The molecule has 1 N–H and O–H groups in total. The molecule has 17 heavy (non-hydrogen) atoms. The molecule has 3 nitrogen and oxygen atoms in total. The number of hydrogen-bond donors (Lipinski definition) is 1. The van der Waals surface area contributed by atoms with Crippen LogP contribution in [0, 0.1) is 5.92 Å². The van der Waals surface area contributed by atoms with Crippen LogP contribution in [0.3, 0.4) is 0 Å². The summed E-state index contributed by atoms with van der Waals surface area (Å²) < 4.78 is 5.71. The van der Waals surface area contributed by atoms with Gasteiger partial charge in [0.05, 0.1) is 6.10 Å². The lowest BCUT2D eigenvalue weighted by Gasteiger charge is -2.33. The normalized spacial score (nSPS) is 27.7. The highest BCUT2D eigenvalue weighted by atomic mass is 16.5. The Morgan fingerprint density at radius 1 is 1.24 bits per heavy atom. The van der Waals surface area contributed by atoms with Crippen molar-refractivity contribution in [1.82, 2.24) is 10.2 Å². The second kappa shape index (κ2) is 7.34. The molecule has 0 bridgehead atoms. The molecule has 1 unspecified atom stereocenters. The van der Waals surface area contributed by atoms with Gasteiger partial charge in [-0.3, -0.25) is 0 Å². The molecule has 2 saturated heterocycles. The Balaban J connectivity index is 1.57.